The number of methoxy groups -OCH3 is 1. The van der Waals surface area contributed by atoms with Crippen LogP contribution in [-0.2, 0) is 0 Å². The monoisotopic (exact) mass is 220 g/mol. The average Bonchev–Trinajstić information content (AvgIpc) is 2.15. The largest absolute Gasteiger partial charge is 0.496 e. The van der Waals surface area contributed by atoms with E-state index in [1.54, 1.807) is 7.11 Å². The van der Waals surface area contributed by atoms with Gasteiger partial charge in [0.25, 0.3) is 0 Å². The van der Waals surface area contributed by atoms with Crippen LogP contribution in [0.25, 0.3) is 5.57 Å². The second-order valence-electron chi connectivity index (χ2n) is 4.86. The maximum absolute atomic E-state index is 5.80. The van der Waals surface area contributed by atoms with Gasteiger partial charge in [0.2, 0.25) is 0 Å². The van der Waals surface area contributed by atoms with Crippen LogP contribution in [-0.4, -0.2) is 12.7 Å². The molecule has 0 aromatic heterocycles. The minimum absolute atomic E-state index is 0.194. The van der Waals surface area contributed by atoms with E-state index in [-0.39, 0.29) is 5.60 Å². The van der Waals surface area contributed by atoms with Gasteiger partial charge in [0, 0.05) is 5.56 Å². The highest BCUT2D eigenvalue weighted by Crippen LogP contribution is 2.30. The molecule has 0 heterocycles. The average molecular weight is 220 g/mol. The molecule has 1 aromatic rings. The van der Waals surface area contributed by atoms with Crippen molar-refractivity contribution in [1.82, 2.24) is 0 Å². The summed E-state index contributed by atoms with van der Waals surface area (Å²) < 4.78 is 11.1. The number of rotatable bonds is 3. The van der Waals surface area contributed by atoms with E-state index in [4.69, 9.17) is 9.47 Å². The van der Waals surface area contributed by atoms with Gasteiger partial charge in [-0.15, -0.1) is 0 Å². The molecule has 16 heavy (non-hydrogen) atoms. The molecule has 2 heteroatoms. The predicted octanol–water partition coefficient (Wildman–Crippen LogP) is 3.91. The molecule has 0 fully saturated rings. The van der Waals surface area contributed by atoms with E-state index in [1.807, 2.05) is 45.9 Å². The van der Waals surface area contributed by atoms with Crippen molar-refractivity contribution in [2.75, 3.05) is 7.11 Å². The van der Waals surface area contributed by atoms with Crippen LogP contribution in [0.5, 0.6) is 11.5 Å². The van der Waals surface area contributed by atoms with E-state index >= 15 is 0 Å². The van der Waals surface area contributed by atoms with E-state index in [0.29, 0.717) is 0 Å². The first kappa shape index (κ1) is 12.6. The fourth-order valence-corrected chi connectivity index (χ4v) is 1.44. The maximum atomic E-state index is 5.80. The third kappa shape index (κ3) is 3.30. The van der Waals surface area contributed by atoms with Crippen molar-refractivity contribution >= 4 is 5.57 Å². The fourth-order valence-electron chi connectivity index (χ4n) is 1.44. The standard InChI is InChI=1S/C14H20O2/c1-10(2)12-9-11(16-14(3,4)5)7-8-13(12)15-6/h7-9H,1H2,2-6H3. The summed E-state index contributed by atoms with van der Waals surface area (Å²) in [7, 11) is 1.66. The Hall–Kier alpha value is -1.44. The third-order valence-electron chi connectivity index (χ3n) is 2.05. The van der Waals surface area contributed by atoms with Crippen LogP contribution in [0.1, 0.15) is 33.3 Å². The molecule has 0 radical (unpaired) electrons. The summed E-state index contributed by atoms with van der Waals surface area (Å²) in [5.74, 6) is 1.67. The number of ether oxygens (including phenoxy) is 2. The summed E-state index contributed by atoms with van der Waals surface area (Å²) in [5, 5.41) is 0. The van der Waals surface area contributed by atoms with Gasteiger partial charge in [-0.2, -0.15) is 0 Å². The summed E-state index contributed by atoms with van der Waals surface area (Å²) in [6.45, 7) is 12.0. The summed E-state index contributed by atoms with van der Waals surface area (Å²) in [6, 6.07) is 5.79. The lowest BCUT2D eigenvalue weighted by Gasteiger charge is -2.22. The third-order valence-corrected chi connectivity index (χ3v) is 2.05. The van der Waals surface area contributed by atoms with Crippen LogP contribution in [0.2, 0.25) is 0 Å². The fraction of sp³-hybridized carbons (Fsp3) is 0.429. The van der Waals surface area contributed by atoms with E-state index < -0.39 is 0 Å². The zero-order valence-corrected chi connectivity index (χ0v) is 10.8. The van der Waals surface area contributed by atoms with E-state index in [1.165, 1.54) is 0 Å². The van der Waals surface area contributed by atoms with Crippen molar-refractivity contribution in [3.8, 4) is 11.5 Å². The normalized spacial score (nSPS) is 11.1. The Morgan fingerprint density at radius 2 is 1.88 bits per heavy atom. The summed E-state index contributed by atoms with van der Waals surface area (Å²) in [4.78, 5) is 0. The first-order valence-electron chi connectivity index (χ1n) is 5.36. The Kier molecular flexibility index (Phi) is 3.63. The van der Waals surface area contributed by atoms with Crippen LogP contribution in [0, 0.1) is 0 Å². The van der Waals surface area contributed by atoms with Gasteiger partial charge in [-0.05, 0) is 51.5 Å². The van der Waals surface area contributed by atoms with Crippen molar-refractivity contribution < 1.29 is 9.47 Å². The Bertz CT molecular complexity index is 386. The van der Waals surface area contributed by atoms with Gasteiger partial charge in [0.1, 0.15) is 17.1 Å². The molecular formula is C14H20O2. The Morgan fingerprint density at radius 3 is 2.31 bits per heavy atom. The minimum Gasteiger partial charge on any atom is -0.496 e. The molecule has 0 saturated heterocycles. The summed E-state index contributed by atoms with van der Waals surface area (Å²) in [6.07, 6.45) is 0. The molecule has 0 N–H and O–H groups in total. The van der Waals surface area contributed by atoms with Crippen LogP contribution < -0.4 is 9.47 Å². The van der Waals surface area contributed by atoms with E-state index in [9.17, 15) is 0 Å². The van der Waals surface area contributed by atoms with Gasteiger partial charge in [0.05, 0.1) is 7.11 Å². The van der Waals surface area contributed by atoms with Crippen molar-refractivity contribution in [2.45, 2.75) is 33.3 Å². The molecule has 1 rings (SSSR count). The second kappa shape index (κ2) is 4.60. The zero-order valence-electron chi connectivity index (χ0n) is 10.8. The molecule has 0 spiro atoms. The van der Waals surface area contributed by atoms with Gasteiger partial charge in [0.15, 0.2) is 0 Å². The topological polar surface area (TPSA) is 18.5 Å². The molecule has 88 valence electrons. The predicted molar refractivity (Wildman–Crippen MR) is 68.1 cm³/mol. The lowest BCUT2D eigenvalue weighted by atomic mass is 10.1. The molecule has 0 atom stereocenters. The van der Waals surface area contributed by atoms with E-state index in [2.05, 4.69) is 6.58 Å². The molecule has 1 aromatic carbocycles. The molecule has 0 amide bonds. The highest BCUT2D eigenvalue weighted by atomic mass is 16.5. The van der Waals surface area contributed by atoms with Gasteiger partial charge >= 0.3 is 0 Å². The zero-order chi connectivity index (χ0) is 12.3. The minimum atomic E-state index is -0.194. The SMILES string of the molecule is C=C(C)c1cc(OC(C)(C)C)ccc1OC. The van der Waals surface area contributed by atoms with Gasteiger partial charge in [-0.1, -0.05) is 6.58 Å². The van der Waals surface area contributed by atoms with Crippen molar-refractivity contribution in [3.63, 3.8) is 0 Å². The highest BCUT2D eigenvalue weighted by Gasteiger charge is 2.13. The summed E-state index contributed by atoms with van der Waals surface area (Å²) in [5.41, 5.74) is 1.77. The number of allylic oxidation sites excluding steroid dienone is 1. The smallest absolute Gasteiger partial charge is 0.126 e. The van der Waals surface area contributed by atoms with Crippen LogP contribution in [0.4, 0.5) is 0 Å². The Balaban J connectivity index is 3.07. The van der Waals surface area contributed by atoms with Crippen molar-refractivity contribution in [3.05, 3.63) is 30.3 Å². The molecule has 0 aliphatic rings. The molecule has 2 nitrogen and oxygen atoms in total. The molecule has 0 bridgehead atoms. The number of benzene rings is 1. The summed E-state index contributed by atoms with van der Waals surface area (Å²) >= 11 is 0. The molecule has 0 aliphatic heterocycles. The van der Waals surface area contributed by atoms with Gasteiger partial charge in [-0.3, -0.25) is 0 Å². The first-order chi connectivity index (χ1) is 7.33. The first-order valence-corrected chi connectivity index (χ1v) is 5.36. The van der Waals surface area contributed by atoms with Crippen LogP contribution in [0.15, 0.2) is 24.8 Å². The lowest BCUT2D eigenvalue weighted by molar-refractivity contribution is 0.131. The van der Waals surface area contributed by atoms with Crippen molar-refractivity contribution in [1.29, 1.82) is 0 Å². The molecule has 0 aliphatic carbocycles. The highest BCUT2D eigenvalue weighted by molar-refractivity contribution is 5.68. The molecule has 0 saturated carbocycles. The molecular weight excluding hydrogens is 200 g/mol. The number of hydrogen-bond acceptors (Lipinski definition) is 2. The maximum Gasteiger partial charge on any atom is 0.126 e. The Labute approximate surface area is 97.9 Å². The lowest BCUT2D eigenvalue weighted by Crippen LogP contribution is -2.22. The quantitative estimate of drug-likeness (QED) is 0.769. The Morgan fingerprint density at radius 1 is 1.25 bits per heavy atom. The molecule has 0 unspecified atom stereocenters. The van der Waals surface area contributed by atoms with Crippen molar-refractivity contribution in [2.24, 2.45) is 0 Å². The van der Waals surface area contributed by atoms with Crippen LogP contribution in [0.3, 0.4) is 0 Å². The van der Waals surface area contributed by atoms with Crippen LogP contribution >= 0.6 is 0 Å². The number of hydrogen-bond donors (Lipinski definition) is 0. The van der Waals surface area contributed by atoms with Gasteiger partial charge < -0.3 is 9.47 Å². The van der Waals surface area contributed by atoms with E-state index in [0.717, 1.165) is 22.6 Å². The van der Waals surface area contributed by atoms with Gasteiger partial charge in [-0.25, -0.2) is 0 Å². The second-order valence-corrected chi connectivity index (χ2v) is 4.86.